The first-order valence-corrected chi connectivity index (χ1v) is 12.7. The number of fused-ring (bicyclic) bond motifs is 1. The first kappa shape index (κ1) is 30.2. The Morgan fingerprint density at radius 3 is 2.10 bits per heavy atom. The molecular formula is C29H27FO12. The van der Waals surface area contributed by atoms with Crippen LogP contribution in [0.4, 0.5) is 4.39 Å². The summed E-state index contributed by atoms with van der Waals surface area (Å²) >= 11 is 0. The van der Waals surface area contributed by atoms with E-state index in [4.69, 9.17) is 32.8 Å². The number of halogens is 1. The molecule has 1 fully saturated rings. The van der Waals surface area contributed by atoms with Crippen LogP contribution in [0.2, 0.25) is 0 Å². The molecule has 0 saturated carbocycles. The Morgan fingerprint density at radius 1 is 0.810 bits per heavy atom. The Bertz CT molecular complexity index is 1560. The van der Waals surface area contributed by atoms with Crippen LogP contribution >= 0.6 is 0 Å². The monoisotopic (exact) mass is 586 g/mol. The standard InChI is InChI=1S/C29H27FO12/c1-14(31)36-13-24-26(38-15(2)32)27(39-16(3)33)28(40-17(4)34)29(42-24)41-18-9-10-20-23(11-18)37-12-21(25(20)35)19-7-5-6-8-22(19)30/h5-12,24,26-29H,13H2,1-4H3/t24-,26-,27+,28+,29-/m0/s1. The number of hydrogen-bond acceptors (Lipinski definition) is 12. The third-order valence-electron chi connectivity index (χ3n) is 6.11. The summed E-state index contributed by atoms with van der Waals surface area (Å²) in [6, 6.07) is 9.92. The fourth-order valence-corrected chi connectivity index (χ4v) is 4.47. The van der Waals surface area contributed by atoms with Crippen molar-refractivity contribution in [2.75, 3.05) is 6.61 Å². The van der Waals surface area contributed by atoms with Crippen molar-refractivity contribution in [3.8, 4) is 16.9 Å². The van der Waals surface area contributed by atoms with Crippen molar-refractivity contribution in [1.82, 2.24) is 0 Å². The van der Waals surface area contributed by atoms with Crippen molar-refractivity contribution in [2.24, 2.45) is 0 Å². The number of ether oxygens (including phenoxy) is 6. The highest BCUT2D eigenvalue weighted by atomic mass is 19.1. The maximum absolute atomic E-state index is 14.3. The van der Waals surface area contributed by atoms with Gasteiger partial charge in [0.15, 0.2) is 12.2 Å². The zero-order chi connectivity index (χ0) is 30.6. The van der Waals surface area contributed by atoms with Gasteiger partial charge in [0.05, 0.1) is 10.9 Å². The lowest BCUT2D eigenvalue weighted by atomic mass is 9.98. The lowest BCUT2D eigenvalue weighted by Crippen LogP contribution is -2.63. The molecule has 0 amide bonds. The predicted octanol–water partition coefficient (Wildman–Crippen LogP) is 3.06. The van der Waals surface area contributed by atoms with Gasteiger partial charge >= 0.3 is 23.9 Å². The molecule has 2 aromatic carbocycles. The Labute approximate surface area is 238 Å². The van der Waals surface area contributed by atoms with E-state index in [1.807, 2.05) is 0 Å². The molecule has 13 heteroatoms. The van der Waals surface area contributed by atoms with Crippen molar-refractivity contribution in [3.63, 3.8) is 0 Å². The Morgan fingerprint density at radius 2 is 1.45 bits per heavy atom. The molecule has 0 spiro atoms. The molecule has 4 rings (SSSR count). The van der Waals surface area contributed by atoms with Crippen LogP contribution in [0.5, 0.6) is 5.75 Å². The highest BCUT2D eigenvalue weighted by Crippen LogP contribution is 2.32. The van der Waals surface area contributed by atoms with Gasteiger partial charge in [-0.3, -0.25) is 24.0 Å². The minimum Gasteiger partial charge on any atom is -0.463 e. The van der Waals surface area contributed by atoms with Crippen LogP contribution in [0.1, 0.15) is 27.7 Å². The van der Waals surface area contributed by atoms with Gasteiger partial charge in [-0.05, 0) is 18.2 Å². The molecule has 0 radical (unpaired) electrons. The predicted molar refractivity (Wildman–Crippen MR) is 140 cm³/mol. The Balaban J connectivity index is 1.71. The topological polar surface area (TPSA) is 154 Å². The molecule has 1 aromatic heterocycles. The van der Waals surface area contributed by atoms with Crippen LogP contribution in [-0.2, 0) is 42.9 Å². The smallest absolute Gasteiger partial charge is 0.303 e. The molecule has 5 atom stereocenters. The molecule has 0 aliphatic carbocycles. The summed E-state index contributed by atoms with van der Waals surface area (Å²) in [7, 11) is 0. The molecule has 222 valence electrons. The lowest BCUT2D eigenvalue weighted by molar-refractivity contribution is -0.288. The highest BCUT2D eigenvalue weighted by Gasteiger charge is 2.53. The molecule has 1 aliphatic rings. The molecule has 0 unspecified atom stereocenters. The second-order valence-electron chi connectivity index (χ2n) is 9.30. The van der Waals surface area contributed by atoms with Crippen LogP contribution in [0.25, 0.3) is 22.1 Å². The summed E-state index contributed by atoms with van der Waals surface area (Å²) in [5, 5.41) is 0.129. The van der Waals surface area contributed by atoms with Crippen LogP contribution in [0, 0.1) is 5.82 Å². The molecule has 2 heterocycles. The highest BCUT2D eigenvalue weighted by molar-refractivity contribution is 5.82. The van der Waals surface area contributed by atoms with Gasteiger partial charge in [0.2, 0.25) is 17.8 Å². The third kappa shape index (κ3) is 6.92. The summed E-state index contributed by atoms with van der Waals surface area (Å²) < 4.78 is 53.0. The summed E-state index contributed by atoms with van der Waals surface area (Å²) in [5.74, 6) is -3.53. The van der Waals surface area contributed by atoms with Gasteiger partial charge in [-0.1, -0.05) is 18.2 Å². The second-order valence-corrected chi connectivity index (χ2v) is 9.30. The average molecular weight is 587 g/mol. The van der Waals surface area contributed by atoms with E-state index in [0.29, 0.717) is 0 Å². The van der Waals surface area contributed by atoms with Crippen molar-refractivity contribution < 1.29 is 56.4 Å². The molecule has 0 N–H and O–H groups in total. The molecular weight excluding hydrogens is 559 g/mol. The minimum absolute atomic E-state index is 0.0221. The zero-order valence-corrected chi connectivity index (χ0v) is 23.0. The average Bonchev–Trinajstić information content (AvgIpc) is 2.91. The quantitative estimate of drug-likeness (QED) is 0.281. The number of esters is 4. The van der Waals surface area contributed by atoms with E-state index in [9.17, 15) is 28.4 Å². The molecule has 12 nitrogen and oxygen atoms in total. The maximum Gasteiger partial charge on any atom is 0.303 e. The Hall–Kier alpha value is -4.78. The number of carbonyl (C=O) groups excluding carboxylic acids is 4. The van der Waals surface area contributed by atoms with E-state index in [1.165, 1.54) is 36.4 Å². The van der Waals surface area contributed by atoms with Gasteiger partial charge < -0.3 is 32.8 Å². The van der Waals surface area contributed by atoms with E-state index in [2.05, 4.69) is 0 Å². The number of carbonyl (C=O) groups is 4. The fraction of sp³-hybridized carbons (Fsp3) is 0.345. The van der Waals surface area contributed by atoms with Gasteiger partial charge in [-0.2, -0.15) is 0 Å². The zero-order valence-electron chi connectivity index (χ0n) is 23.0. The molecule has 1 aliphatic heterocycles. The number of hydrogen-bond donors (Lipinski definition) is 0. The number of rotatable bonds is 8. The van der Waals surface area contributed by atoms with Crippen LogP contribution in [0.3, 0.4) is 0 Å². The minimum atomic E-state index is -1.48. The SMILES string of the molecule is CC(=O)OC[C@@H]1O[C@H](Oc2ccc3c(=O)c(-c4ccccc4F)coc3c2)[C@H](OC(C)=O)[C@H](OC(C)=O)[C@H]1OC(C)=O. The van der Waals surface area contributed by atoms with Crippen LogP contribution < -0.4 is 10.2 Å². The maximum atomic E-state index is 14.3. The largest absolute Gasteiger partial charge is 0.463 e. The summed E-state index contributed by atoms with van der Waals surface area (Å²) in [6.45, 7) is 4.04. The van der Waals surface area contributed by atoms with E-state index >= 15 is 0 Å². The molecule has 1 saturated heterocycles. The normalized spacial score (nSPS) is 21.7. The van der Waals surface area contributed by atoms with E-state index in [0.717, 1.165) is 34.0 Å². The van der Waals surface area contributed by atoms with Gasteiger partial charge in [0.25, 0.3) is 0 Å². The van der Waals surface area contributed by atoms with E-state index in [-0.39, 0.29) is 27.8 Å². The third-order valence-corrected chi connectivity index (χ3v) is 6.11. The molecule has 0 bridgehead atoms. The van der Waals surface area contributed by atoms with Gasteiger partial charge in [-0.25, -0.2) is 4.39 Å². The van der Waals surface area contributed by atoms with Gasteiger partial charge in [-0.15, -0.1) is 0 Å². The lowest BCUT2D eigenvalue weighted by Gasteiger charge is -2.43. The summed E-state index contributed by atoms with van der Waals surface area (Å²) in [5.41, 5.74) is -0.303. The van der Waals surface area contributed by atoms with Gasteiger partial charge in [0, 0.05) is 39.3 Å². The number of benzene rings is 2. The van der Waals surface area contributed by atoms with E-state index in [1.54, 1.807) is 6.07 Å². The van der Waals surface area contributed by atoms with Gasteiger partial charge in [0.1, 0.15) is 36.1 Å². The van der Waals surface area contributed by atoms with Crippen molar-refractivity contribution in [2.45, 2.75) is 58.4 Å². The van der Waals surface area contributed by atoms with Crippen LogP contribution in [-0.4, -0.2) is 61.2 Å². The first-order valence-electron chi connectivity index (χ1n) is 12.7. The van der Waals surface area contributed by atoms with Crippen molar-refractivity contribution in [3.05, 3.63) is 64.8 Å². The molecule has 42 heavy (non-hydrogen) atoms. The second kappa shape index (κ2) is 12.8. The first-order chi connectivity index (χ1) is 19.9. The fourth-order valence-electron chi connectivity index (χ4n) is 4.47. The van der Waals surface area contributed by atoms with Crippen LogP contribution in [0.15, 0.2) is 57.9 Å². The summed E-state index contributed by atoms with van der Waals surface area (Å²) in [6.07, 6.45) is -5.78. The van der Waals surface area contributed by atoms with Crippen molar-refractivity contribution >= 4 is 34.8 Å². The summed E-state index contributed by atoms with van der Waals surface area (Å²) in [4.78, 5) is 60.6. The Kier molecular flexibility index (Phi) is 9.21. The van der Waals surface area contributed by atoms with E-state index < -0.39 is 72.4 Å². The van der Waals surface area contributed by atoms with Crippen molar-refractivity contribution in [1.29, 1.82) is 0 Å². The molecule has 3 aromatic rings.